The van der Waals surface area contributed by atoms with Gasteiger partial charge in [-0.2, -0.15) is 0 Å². The molecule has 0 nitrogen and oxygen atoms in total. The topological polar surface area (TPSA) is 0 Å². The van der Waals surface area contributed by atoms with Crippen LogP contribution in [-0.4, -0.2) is 0 Å². The highest BCUT2D eigenvalue weighted by molar-refractivity contribution is 5.11. The first kappa shape index (κ1) is 5.29. The van der Waals surface area contributed by atoms with E-state index >= 15 is 0 Å². The second-order valence-corrected chi connectivity index (χ2v) is 1.52. The number of benzene rings is 1. The van der Waals surface area contributed by atoms with Gasteiger partial charge in [0.05, 0.1) is 0 Å². The summed E-state index contributed by atoms with van der Waals surface area (Å²) in [6.07, 6.45) is 0. The molecular formula is C7H6F. The Morgan fingerprint density at radius 1 is 1.50 bits per heavy atom. The lowest BCUT2D eigenvalue weighted by Gasteiger charge is -1.86. The van der Waals surface area contributed by atoms with Gasteiger partial charge in [0.2, 0.25) is 0 Å². The Morgan fingerprint density at radius 2 is 2.38 bits per heavy atom. The second-order valence-electron chi connectivity index (χ2n) is 1.52. The maximum absolute atomic E-state index is 11.7. The third-order valence-electron chi connectivity index (χ3n) is 0.917. The van der Waals surface area contributed by atoms with Gasteiger partial charge in [-0.05, 0) is 11.6 Å². The number of hydrogen-bond acceptors (Lipinski definition) is 0. The van der Waals surface area contributed by atoms with Crippen LogP contribution in [0.1, 0.15) is 5.56 Å². The van der Waals surface area contributed by atoms with Crippen molar-refractivity contribution >= 4 is 0 Å². The van der Waals surface area contributed by atoms with Crippen molar-refractivity contribution in [3.05, 3.63) is 35.9 Å². The van der Waals surface area contributed by atoms with Crippen molar-refractivity contribution in [1.82, 2.24) is 0 Å². The summed E-state index contributed by atoms with van der Waals surface area (Å²) < 4.78 is 11.7. The van der Waals surface area contributed by atoms with Crippen molar-refractivity contribution in [3.8, 4) is 0 Å². The van der Waals surface area contributed by atoms with E-state index in [1.165, 1.54) is 0 Å². The Morgan fingerprint density at radius 3 is 2.75 bits per heavy atom. The van der Waals surface area contributed by atoms with Crippen LogP contribution in [0.15, 0.2) is 24.3 Å². The van der Waals surface area contributed by atoms with E-state index in [2.05, 4.69) is 6.07 Å². The predicted molar refractivity (Wildman–Crippen MR) is 30.1 cm³/mol. The molecule has 1 aromatic rings. The van der Waals surface area contributed by atoms with Crippen molar-refractivity contribution in [3.63, 3.8) is 0 Å². The molecule has 0 unspecified atom stereocenters. The summed E-state index contributed by atoms with van der Waals surface area (Å²) >= 11 is 0. The zero-order valence-corrected chi connectivity index (χ0v) is 4.39. The fourth-order valence-corrected chi connectivity index (χ4v) is 0.514. The van der Waals surface area contributed by atoms with E-state index in [0.717, 1.165) is 0 Å². The van der Waals surface area contributed by atoms with Crippen LogP contribution in [-0.2, 0) is 6.67 Å². The summed E-state index contributed by atoms with van der Waals surface area (Å²) in [6.45, 7) is -0.416. The molecule has 41 valence electrons. The van der Waals surface area contributed by atoms with Crippen LogP contribution < -0.4 is 0 Å². The van der Waals surface area contributed by atoms with Crippen LogP contribution in [0.4, 0.5) is 4.39 Å². The fourth-order valence-electron chi connectivity index (χ4n) is 0.514. The monoisotopic (exact) mass is 109 g/mol. The first-order valence-electron chi connectivity index (χ1n) is 2.45. The Bertz CT molecular complexity index is 146. The SMILES string of the molecule is FCc1[c]cccc1. The quantitative estimate of drug-likeness (QED) is 0.517. The molecule has 0 fully saturated rings. The lowest BCUT2D eigenvalue weighted by molar-refractivity contribution is 0.485. The van der Waals surface area contributed by atoms with E-state index < -0.39 is 6.67 Å². The lowest BCUT2D eigenvalue weighted by Crippen LogP contribution is -1.73. The van der Waals surface area contributed by atoms with Crippen LogP contribution in [0.5, 0.6) is 0 Å². The highest BCUT2D eigenvalue weighted by Crippen LogP contribution is 1.97. The molecule has 0 saturated carbocycles. The van der Waals surface area contributed by atoms with Crippen LogP contribution in [0, 0.1) is 6.07 Å². The molecular weight excluding hydrogens is 103 g/mol. The molecule has 0 aromatic heterocycles. The number of rotatable bonds is 1. The average molecular weight is 109 g/mol. The van der Waals surface area contributed by atoms with Crippen molar-refractivity contribution in [2.75, 3.05) is 0 Å². The molecule has 1 rings (SSSR count). The van der Waals surface area contributed by atoms with Gasteiger partial charge in [-0.25, -0.2) is 4.39 Å². The highest BCUT2D eigenvalue weighted by atomic mass is 19.1. The maximum Gasteiger partial charge on any atom is 0.115 e. The summed E-state index contributed by atoms with van der Waals surface area (Å²) in [7, 11) is 0. The summed E-state index contributed by atoms with van der Waals surface area (Å²) in [6, 6.07) is 9.77. The molecule has 0 atom stereocenters. The van der Waals surface area contributed by atoms with Crippen LogP contribution >= 0.6 is 0 Å². The summed E-state index contributed by atoms with van der Waals surface area (Å²) in [5.74, 6) is 0. The van der Waals surface area contributed by atoms with Crippen LogP contribution in [0.25, 0.3) is 0 Å². The van der Waals surface area contributed by atoms with Gasteiger partial charge in [0, 0.05) is 0 Å². The van der Waals surface area contributed by atoms with E-state index in [-0.39, 0.29) is 0 Å². The zero-order valence-electron chi connectivity index (χ0n) is 4.39. The van der Waals surface area contributed by atoms with E-state index in [9.17, 15) is 4.39 Å². The number of halogens is 1. The highest BCUT2D eigenvalue weighted by Gasteiger charge is 1.83. The number of alkyl halides is 1. The molecule has 0 aliphatic heterocycles. The number of hydrogen-bond donors (Lipinski definition) is 0. The lowest BCUT2D eigenvalue weighted by atomic mass is 10.2. The molecule has 0 aliphatic carbocycles. The normalized spacial score (nSPS) is 9.12. The molecule has 1 radical (unpaired) electrons. The summed E-state index contributed by atoms with van der Waals surface area (Å²) in [5, 5.41) is 0. The second kappa shape index (κ2) is 2.46. The zero-order chi connectivity index (χ0) is 5.82. The van der Waals surface area contributed by atoms with Gasteiger partial charge in [0.1, 0.15) is 6.67 Å². The van der Waals surface area contributed by atoms with Crippen LogP contribution in [0.2, 0.25) is 0 Å². The minimum atomic E-state index is -0.416. The molecule has 0 aliphatic rings. The summed E-state index contributed by atoms with van der Waals surface area (Å²) in [4.78, 5) is 0. The fraction of sp³-hybridized carbons (Fsp3) is 0.143. The van der Waals surface area contributed by atoms with Gasteiger partial charge in [-0.1, -0.05) is 24.3 Å². The van der Waals surface area contributed by atoms with Crippen molar-refractivity contribution in [2.24, 2.45) is 0 Å². The molecule has 0 bridgehead atoms. The van der Waals surface area contributed by atoms with E-state index in [1.807, 2.05) is 6.07 Å². The molecule has 0 amide bonds. The van der Waals surface area contributed by atoms with Gasteiger partial charge in [-0.3, -0.25) is 0 Å². The maximum atomic E-state index is 11.7. The van der Waals surface area contributed by atoms with E-state index in [0.29, 0.717) is 5.56 Å². The molecule has 0 heterocycles. The van der Waals surface area contributed by atoms with E-state index in [4.69, 9.17) is 0 Å². The standard InChI is InChI=1S/C7H6F/c8-6-7-4-2-1-3-5-7/h1-4H,6H2. The molecule has 0 N–H and O–H groups in total. The molecule has 1 aromatic carbocycles. The Labute approximate surface area is 48.0 Å². The Hall–Kier alpha value is -0.850. The van der Waals surface area contributed by atoms with Crippen molar-refractivity contribution < 1.29 is 4.39 Å². The van der Waals surface area contributed by atoms with Gasteiger partial charge < -0.3 is 0 Å². The minimum Gasteiger partial charge on any atom is -0.246 e. The van der Waals surface area contributed by atoms with Gasteiger partial charge in [0.25, 0.3) is 0 Å². The Kier molecular flexibility index (Phi) is 1.62. The molecule has 0 saturated heterocycles. The predicted octanol–water partition coefficient (Wildman–Crippen LogP) is 1.96. The first-order valence-corrected chi connectivity index (χ1v) is 2.45. The Balaban J connectivity index is 2.83. The molecule has 0 spiro atoms. The van der Waals surface area contributed by atoms with Gasteiger partial charge in [-0.15, -0.1) is 0 Å². The largest absolute Gasteiger partial charge is 0.246 e. The minimum absolute atomic E-state index is 0.416. The molecule has 8 heavy (non-hydrogen) atoms. The van der Waals surface area contributed by atoms with E-state index in [1.54, 1.807) is 18.2 Å². The third-order valence-corrected chi connectivity index (χ3v) is 0.917. The average Bonchev–Trinajstić information content (AvgIpc) is 1.90. The van der Waals surface area contributed by atoms with Crippen molar-refractivity contribution in [2.45, 2.75) is 6.67 Å². The third kappa shape index (κ3) is 1.06. The summed E-state index contributed by atoms with van der Waals surface area (Å²) in [5.41, 5.74) is 0.618. The van der Waals surface area contributed by atoms with Gasteiger partial charge >= 0.3 is 0 Å². The first-order chi connectivity index (χ1) is 3.93. The van der Waals surface area contributed by atoms with Gasteiger partial charge in [0.15, 0.2) is 0 Å². The van der Waals surface area contributed by atoms with Crippen molar-refractivity contribution in [1.29, 1.82) is 0 Å². The molecule has 1 heteroatoms. The van der Waals surface area contributed by atoms with Crippen LogP contribution in [0.3, 0.4) is 0 Å². The smallest absolute Gasteiger partial charge is 0.115 e.